The molecule has 0 unspecified atom stereocenters. The first-order chi connectivity index (χ1) is 13.3. The van der Waals surface area contributed by atoms with Gasteiger partial charge in [-0.3, -0.25) is 0 Å². The number of nitrogens with zero attached hydrogens (tertiary/aromatic N) is 2. The summed E-state index contributed by atoms with van der Waals surface area (Å²) in [5.74, 6) is 2.20. The average molecular weight is 383 g/mol. The van der Waals surface area contributed by atoms with Gasteiger partial charge in [0.05, 0.1) is 0 Å². The maximum Gasteiger partial charge on any atom is 0.163 e. The van der Waals surface area contributed by atoms with E-state index in [-0.39, 0.29) is 0 Å². The molecule has 2 aromatic carbocycles. The molecule has 2 N–H and O–H groups in total. The van der Waals surface area contributed by atoms with Gasteiger partial charge in [-0.1, -0.05) is 60.1 Å². The Bertz CT molecular complexity index is 858. The van der Waals surface area contributed by atoms with E-state index in [4.69, 9.17) is 16.3 Å². The lowest BCUT2D eigenvalue weighted by molar-refractivity contribution is 0.198. The predicted molar refractivity (Wildman–Crippen MR) is 111 cm³/mol. The second-order valence-corrected chi connectivity index (χ2v) is 6.45. The minimum absolute atomic E-state index is 0.591. The van der Waals surface area contributed by atoms with E-state index in [0.717, 1.165) is 40.8 Å². The largest absolute Gasteiger partial charge is 0.385 e. The second kappa shape index (κ2) is 9.90. The Hall–Kier alpha value is -2.63. The molecule has 0 fully saturated rings. The maximum absolute atomic E-state index is 6.25. The van der Waals surface area contributed by atoms with Crippen LogP contribution >= 0.6 is 11.6 Å². The molecule has 140 valence electrons. The molecule has 3 rings (SSSR count). The van der Waals surface area contributed by atoms with E-state index < -0.39 is 0 Å². The number of anilines is 2. The highest BCUT2D eigenvalue weighted by atomic mass is 35.5. The third-order valence-electron chi connectivity index (χ3n) is 4.01. The Morgan fingerprint density at radius 3 is 2.37 bits per heavy atom. The molecule has 0 saturated carbocycles. The van der Waals surface area contributed by atoms with Crippen LogP contribution in [-0.4, -0.2) is 30.2 Å². The average Bonchev–Trinajstić information content (AvgIpc) is 2.71. The molecule has 0 atom stereocenters. The second-order valence-electron chi connectivity index (χ2n) is 6.05. The molecule has 0 aliphatic heterocycles. The standard InChI is InChI=1S/C21H23ClN4O/c1-27-13-7-12-23-19-14-20(24-15-17-10-5-6-11-18(17)22)26-21(25-19)16-8-3-2-4-9-16/h2-6,8-11,14H,7,12-13,15H2,1H3,(H2,23,24,25,26). The molecule has 3 aromatic rings. The molecule has 0 spiro atoms. The fraction of sp³-hybridized carbons (Fsp3) is 0.238. The summed E-state index contributed by atoms with van der Waals surface area (Å²) in [6, 6.07) is 19.6. The van der Waals surface area contributed by atoms with Gasteiger partial charge in [0.15, 0.2) is 5.82 Å². The minimum atomic E-state index is 0.591. The lowest BCUT2D eigenvalue weighted by Gasteiger charge is -2.12. The topological polar surface area (TPSA) is 59.1 Å². The van der Waals surface area contributed by atoms with E-state index in [1.54, 1.807) is 7.11 Å². The maximum atomic E-state index is 6.25. The van der Waals surface area contributed by atoms with Gasteiger partial charge in [0.25, 0.3) is 0 Å². The zero-order chi connectivity index (χ0) is 18.9. The van der Waals surface area contributed by atoms with Gasteiger partial charge < -0.3 is 15.4 Å². The summed E-state index contributed by atoms with van der Waals surface area (Å²) in [7, 11) is 1.70. The number of benzene rings is 2. The van der Waals surface area contributed by atoms with Gasteiger partial charge in [-0.05, 0) is 18.1 Å². The van der Waals surface area contributed by atoms with E-state index in [1.807, 2.05) is 60.7 Å². The van der Waals surface area contributed by atoms with Gasteiger partial charge in [-0.2, -0.15) is 0 Å². The highest BCUT2D eigenvalue weighted by molar-refractivity contribution is 6.31. The van der Waals surface area contributed by atoms with Crippen LogP contribution in [0.15, 0.2) is 60.7 Å². The van der Waals surface area contributed by atoms with Crippen LogP contribution in [0.4, 0.5) is 11.6 Å². The van der Waals surface area contributed by atoms with Crippen LogP contribution in [0.3, 0.4) is 0 Å². The zero-order valence-corrected chi connectivity index (χ0v) is 16.0. The summed E-state index contributed by atoms with van der Waals surface area (Å²) in [5.41, 5.74) is 1.99. The SMILES string of the molecule is COCCCNc1cc(NCc2ccccc2Cl)nc(-c2ccccc2)n1. The summed E-state index contributed by atoms with van der Waals surface area (Å²) >= 11 is 6.25. The monoisotopic (exact) mass is 382 g/mol. The molecular weight excluding hydrogens is 360 g/mol. The van der Waals surface area contributed by atoms with Crippen LogP contribution in [0, 0.1) is 0 Å². The molecule has 0 saturated heterocycles. The molecule has 0 radical (unpaired) electrons. The Balaban J connectivity index is 1.79. The molecule has 1 heterocycles. The first-order valence-corrected chi connectivity index (χ1v) is 9.28. The van der Waals surface area contributed by atoms with Crippen molar-refractivity contribution >= 4 is 23.2 Å². The highest BCUT2D eigenvalue weighted by Gasteiger charge is 2.08. The van der Waals surface area contributed by atoms with Crippen molar-refractivity contribution in [2.45, 2.75) is 13.0 Å². The summed E-state index contributed by atoms with van der Waals surface area (Å²) in [6.07, 6.45) is 0.906. The number of methoxy groups -OCH3 is 1. The first kappa shape index (κ1) is 19.1. The lowest BCUT2D eigenvalue weighted by atomic mass is 10.2. The fourth-order valence-corrected chi connectivity index (χ4v) is 2.81. The van der Waals surface area contributed by atoms with Gasteiger partial charge in [0.1, 0.15) is 11.6 Å². The fourth-order valence-electron chi connectivity index (χ4n) is 2.61. The molecule has 5 nitrogen and oxygen atoms in total. The number of nitrogens with one attached hydrogen (secondary N) is 2. The molecule has 27 heavy (non-hydrogen) atoms. The van der Waals surface area contributed by atoms with Crippen molar-refractivity contribution in [3.05, 3.63) is 71.2 Å². The van der Waals surface area contributed by atoms with Crippen LogP contribution in [0.2, 0.25) is 5.02 Å². The van der Waals surface area contributed by atoms with Crippen LogP contribution in [-0.2, 0) is 11.3 Å². The van der Waals surface area contributed by atoms with E-state index in [0.29, 0.717) is 19.0 Å². The summed E-state index contributed by atoms with van der Waals surface area (Å²) in [5, 5.41) is 7.43. The number of hydrogen-bond donors (Lipinski definition) is 2. The first-order valence-electron chi connectivity index (χ1n) is 8.91. The number of rotatable bonds is 9. The molecule has 1 aromatic heterocycles. The third kappa shape index (κ3) is 5.67. The number of ether oxygens (including phenoxy) is 1. The molecule has 0 amide bonds. The van der Waals surface area contributed by atoms with E-state index in [9.17, 15) is 0 Å². The summed E-state index contributed by atoms with van der Waals surface area (Å²) < 4.78 is 5.10. The molecular formula is C21H23ClN4O. The number of hydrogen-bond acceptors (Lipinski definition) is 5. The minimum Gasteiger partial charge on any atom is -0.385 e. The van der Waals surface area contributed by atoms with E-state index >= 15 is 0 Å². The van der Waals surface area contributed by atoms with Crippen molar-refractivity contribution in [2.24, 2.45) is 0 Å². The number of halogens is 1. The van der Waals surface area contributed by atoms with Crippen LogP contribution in [0.25, 0.3) is 11.4 Å². The van der Waals surface area contributed by atoms with E-state index in [2.05, 4.69) is 20.6 Å². The van der Waals surface area contributed by atoms with Crippen molar-refractivity contribution in [1.82, 2.24) is 9.97 Å². The quantitative estimate of drug-likeness (QED) is 0.517. The smallest absolute Gasteiger partial charge is 0.163 e. The predicted octanol–water partition coefficient (Wildman–Crippen LogP) is 4.86. The molecule has 6 heteroatoms. The lowest BCUT2D eigenvalue weighted by Crippen LogP contribution is -2.09. The van der Waals surface area contributed by atoms with Gasteiger partial charge in [-0.25, -0.2) is 9.97 Å². The van der Waals surface area contributed by atoms with Crippen LogP contribution in [0.5, 0.6) is 0 Å². The van der Waals surface area contributed by atoms with Crippen molar-refractivity contribution in [2.75, 3.05) is 30.9 Å². The Morgan fingerprint density at radius 2 is 1.63 bits per heavy atom. The Labute approximate surface area is 164 Å². The van der Waals surface area contributed by atoms with Crippen LogP contribution in [0.1, 0.15) is 12.0 Å². The Kier molecular flexibility index (Phi) is 7.02. The molecule has 0 bridgehead atoms. The van der Waals surface area contributed by atoms with Crippen molar-refractivity contribution < 1.29 is 4.74 Å². The number of aromatic nitrogens is 2. The Morgan fingerprint density at radius 1 is 0.926 bits per heavy atom. The van der Waals surface area contributed by atoms with Crippen LogP contribution < -0.4 is 10.6 Å². The third-order valence-corrected chi connectivity index (χ3v) is 4.38. The highest BCUT2D eigenvalue weighted by Crippen LogP contribution is 2.22. The van der Waals surface area contributed by atoms with Gasteiger partial charge in [0.2, 0.25) is 0 Å². The van der Waals surface area contributed by atoms with Gasteiger partial charge >= 0.3 is 0 Å². The van der Waals surface area contributed by atoms with Crippen molar-refractivity contribution in [3.8, 4) is 11.4 Å². The van der Waals surface area contributed by atoms with Gasteiger partial charge in [0, 0.05) is 43.5 Å². The normalized spacial score (nSPS) is 10.6. The van der Waals surface area contributed by atoms with Crippen molar-refractivity contribution in [1.29, 1.82) is 0 Å². The summed E-state index contributed by atoms with van der Waals surface area (Å²) in [4.78, 5) is 9.31. The molecule has 0 aliphatic rings. The van der Waals surface area contributed by atoms with E-state index in [1.165, 1.54) is 0 Å². The summed E-state index contributed by atoms with van der Waals surface area (Å²) in [6.45, 7) is 2.08. The van der Waals surface area contributed by atoms with Gasteiger partial charge in [-0.15, -0.1) is 0 Å². The zero-order valence-electron chi connectivity index (χ0n) is 15.3. The van der Waals surface area contributed by atoms with Crippen molar-refractivity contribution in [3.63, 3.8) is 0 Å². The molecule has 0 aliphatic carbocycles.